The summed E-state index contributed by atoms with van der Waals surface area (Å²) in [5, 5.41) is 0. The highest BCUT2D eigenvalue weighted by Crippen LogP contribution is 2.07. The van der Waals surface area contributed by atoms with E-state index in [0.717, 1.165) is 5.92 Å². The Morgan fingerprint density at radius 1 is 0.786 bits per heavy atom. The quantitative estimate of drug-likeness (QED) is 0.460. The summed E-state index contributed by atoms with van der Waals surface area (Å²) in [4.78, 5) is 0. The minimum Gasteiger partial charge on any atom is -0.0776 e. The number of unbranched alkanes of at least 4 members (excludes halogenated alkanes) is 3. The van der Waals surface area contributed by atoms with Gasteiger partial charge in [0.2, 0.25) is 0 Å². The van der Waals surface area contributed by atoms with E-state index in [0.29, 0.717) is 0 Å². The topological polar surface area (TPSA) is 0 Å². The first-order valence-corrected chi connectivity index (χ1v) is 6.22. The summed E-state index contributed by atoms with van der Waals surface area (Å²) < 4.78 is 0. The van der Waals surface area contributed by atoms with E-state index >= 15 is 0 Å². The molecule has 0 heteroatoms. The third-order valence-electron chi connectivity index (χ3n) is 2.44. The Labute approximate surface area is 93.5 Å². The normalized spacial score (nSPS) is 10.9. The van der Waals surface area contributed by atoms with Crippen LogP contribution in [0.4, 0.5) is 0 Å². The fraction of sp³-hybridized carbons (Fsp3) is 1.00. The second-order valence-electron chi connectivity index (χ2n) is 4.01. The van der Waals surface area contributed by atoms with Gasteiger partial charge in [0.25, 0.3) is 0 Å². The van der Waals surface area contributed by atoms with Gasteiger partial charge in [-0.15, -0.1) is 0 Å². The molecule has 1 atom stereocenters. The largest absolute Gasteiger partial charge is 0.0776 e. The molecule has 0 aliphatic rings. The summed E-state index contributed by atoms with van der Waals surface area (Å²) in [6, 6.07) is 0. The van der Waals surface area contributed by atoms with Crippen LogP contribution in [-0.4, -0.2) is 0 Å². The van der Waals surface area contributed by atoms with Gasteiger partial charge < -0.3 is 0 Å². The molecule has 0 aromatic carbocycles. The molecule has 0 heterocycles. The molecule has 0 radical (unpaired) electrons. The van der Waals surface area contributed by atoms with Crippen LogP contribution in [0.5, 0.6) is 0 Å². The molecule has 0 amide bonds. The Bertz CT molecular complexity index is 62.4. The summed E-state index contributed by atoms with van der Waals surface area (Å²) in [7, 11) is 0. The Morgan fingerprint density at radius 2 is 1.21 bits per heavy atom. The van der Waals surface area contributed by atoms with Gasteiger partial charge >= 0.3 is 0 Å². The molecular weight excluding hydrogens is 168 g/mol. The van der Waals surface area contributed by atoms with Gasteiger partial charge in [-0.25, -0.2) is 0 Å². The lowest BCUT2D eigenvalue weighted by atomic mass is 10.0. The zero-order valence-corrected chi connectivity index (χ0v) is 10.5. The van der Waals surface area contributed by atoms with Crippen LogP contribution in [0.1, 0.15) is 87.0 Å². The van der Waals surface area contributed by atoms with Gasteiger partial charge in [0, 0.05) is 0 Å². The van der Waals surface area contributed by atoms with E-state index < -0.39 is 0 Å². The van der Waals surface area contributed by atoms with E-state index in [4.69, 9.17) is 0 Å². The van der Waals surface area contributed by atoms with Crippen LogP contribution < -0.4 is 0 Å². The zero-order valence-electron chi connectivity index (χ0n) is 10.5. The SMILES string of the molecule is C.CCCC(C)CC.CCCCCC. The van der Waals surface area contributed by atoms with E-state index in [1.54, 1.807) is 0 Å². The molecule has 0 aromatic rings. The van der Waals surface area contributed by atoms with Gasteiger partial charge in [0.1, 0.15) is 0 Å². The number of rotatable bonds is 6. The predicted octanol–water partition coefficient (Wildman–Crippen LogP) is 6.06. The predicted molar refractivity (Wildman–Crippen MR) is 70.9 cm³/mol. The summed E-state index contributed by atoms with van der Waals surface area (Å²) >= 11 is 0. The molecule has 14 heavy (non-hydrogen) atoms. The van der Waals surface area contributed by atoms with E-state index in [1.807, 2.05) is 0 Å². The van der Waals surface area contributed by atoms with Crippen LogP contribution in [0.25, 0.3) is 0 Å². The Hall–Kier alpha value is 0. The molecule has 90 valence electrons. The maximum absolute atomic E-state index is 2.31. The fourth-order valence-corrected chi connectivity index (χ4v) is 1.20. The van der Waals surface area contributed by atoms with Gasteiger partial charge in [-0.3, -0.25) is 0 Å². The van der Waals surface area contributed by atoms with Crippen molar-refractivity contribution in [2.24, 2.45) is 5.92 Å². The Kier molecular flexibility index (Phi) is 26.1. The van der Waals surface area contributed by atoms with E-state index in [-0.39, 0.29) is 7.43 Å². The zero-order chi connectivity index (χ0) is 10.5. The lowest BCUT2D eigenvalue weighted by molar-refractivity contribution is 0.509. The van der Waals surface area contributed by atoms with Crippen molar-refractivity contribution in [3.63, 3.8) is 0 Å². The van der Waals surface area contributed by atoms with Crippen LogP contribution in [0, 0.1) is 5.92 Å². The monoisotopic (exact) mass is 202 g/mol. The molecule has 1 unspecified atom stereocenters. The summed E-state index contributed by atoms with van der Waals surface area (Å²) in [5.41, 5.74) is 0. The van der Waals surface area contributed by atoms with E-state index in [1.165, 1.54) is 44.9 Å². The molecule has 0 aliphatic carbocycles. The van der Waals surface area contributed by atoms with E-state index in [2.05, 4.69) is 34.6 Å². The maximum atomic E-state index is 2.31. The van der Waals surface area contributed by atoms with Gasteiger partial charge in [-0.1, -0.05) is 87.0 Å². The molecule has 0 spiro atoms. The van der Waals surface area contributed by atoms with Crippen molar-refractivity contribution >= 4 is 0 Å². The smallest absolute Gasteiger partial charge is 0.0446 e. The molecule has 0 N–H and O–H groups in total. The third kappa shape index (κ3) is 22.7. The molecule has 0 saturated carbocycles. The molecule has 0 aliphatic heterocycles. The first kappa shape index (κ1) is 19.6. The third-order valence-corrected chi connectivity index (χ3v) is 2.44. The lowest BCUT2D eigenvalue weighted by Gasteiger charge is -2.02. The first-order valence-electron chi connectivity index (χ1n) is 6.22. The lowest BCUT2D eigenvalue weighted by Crippen LogP contribution is -1.88. The van der Waals surface area contributed by atoms with Crippen LogP contribution in [0.15, 0.2) is 0 Å². The molecule has 0 fully saturated rings. The summed E-state index contributed by atoms with van der Waals surface area (Å²) in [5.74, 6) is 0.949. The van der Waals surface area contributed by atoms with Crippen molar-refractivity contribution in [2.75, 3.05) is 0 Å². The van der Waals surface area contributed by atoms with Crippen molar-refractivity contribution in [2.45, 2.75) is 87.0 Å². The van der Waals surface area contributed by atoms with Gasteiger partial charge in [0.15, 0.2) is 0 Å². The molecule has 0 bridgehead atoms. The summed E-state index contributed by atoms with van der Waals surface area (Å²) in [6.07, 6.45) is 9.62. The van der Waals surface area contributed by atoms with Gasteiger partial charge in [0.05, 0.1) is 0 Å². The first-order chi connectivity index (χ1) is 6.22. The standard InChI is InChI=1S/C7H16.C6H14.CH4/c1-4-6-7(3)5-2;1-3-5-6-4-2;/h7H,4-6H2,1-3H3;3-6H2,1-2H3;1H4. The van der Waals surface area contributed by atoms with Crippen LogP contribution in [-0.2, 0) is 0 Å². The van der Waals surface area contributed by atoms with Crippen LogP contribution in [0.3, 0.4) is 0 Å². The molecule has 0 rings (SSSR count). The van der Waals surface area contributed by atoms with E-state index in [9.17, 15) is 0 Å². The Morgan fingerprint density at radius 3 is 1.36 bits per heavy atom. The Balaban J connectivity index is -0.000000163. The molecule has 0 nitrogen and oxygen atoms in total. The minimum absolute atomic E-state index is 0. The van der Waals surface area contributed by atoms with Gasteiger partial charge in [-0.05, 0) is 5.92 Å². The van der Waals surface area contributed by atoms with Crippen molar-refractivity contribution in [1.82, 2.24) is 0 Å². The van der Waals surface area contributed by atoms with Crippen LogP contribution in [0.2, 0.25) is 0 Å². The summed E-state index contributed by atoms with van der Waals surface area (Å²) in [6.45, 7) is 11.3. The molecule has 0 aromatic heterocycles. The molecular formula is C14H34. The number of hydrogen-bond acceptors (Lipinski definition) is 0. The van der Waals surface area contributed by atoms with Crippen molar-refractivity contribution in [1.29, 1.82) is 0 Å². The molecule has 0 saturated heterocycles. The second kappa shape index (κ2) is 18.7. The van der Waals surface area contributed by atoms with Gasteiger partial charge in [-0.2, -0.15) is 0 Å². The average molecular weight is 202 g/mol. The maximum Gasteiger partial charge on any atom is -0.0446 e. The number of hydrogen-bond donors (Lipinski definition) is 0. The average Bonchev–Trinajstić information content (AvgIpc) is 2.16. The van der Waals surface area contributed by atoms with Crippen LogP contribution >= 0.6 is 0 Å². The second-order valence-corrected chi connectivity index (χ2v) is 4.01. The minimum atomic E-state index is 0. The highest BCUT2D eigenvalue weighted by Gasteiger charge is 1.92. The highest BCUT2D eigenvalue weighted by atomic mass is 14.0. The van der Waals surface area contributed by atoms with Crippen molar-refractivity contribution in [3.8, 4) is 0 Å². The highest BCUT2D eigenvalue weighted by molar-refractivity contribution is 4.45. The van der Waals surface area contributed by atoms with Crippen molar-refractivity contribution < 1.29 is 0 Å². The fourth-order valence-electron chi connectivity index (χ4n) is 1.20. The van der Waals surface area contributed by atoms with Crippen molar-refractivity contribution in [3.05, 3.63) is 0 Å².